The number of phenols is 2. The molecule has 8 nitrogen and oxygen atoms in total. The van der Waals surface area contributed by atoms with Crippen molar-refractivity contribution in [1.29, 1.82) is 0 Å². The van der Waals surface area contributed by atoms with E-state index in [-0.39, 0.29) is 0 Å². The van der Waals surface area contributed by atoms with Gasteiger partial charge in [0.2, 0.25) is 0 Å². The van der Waals surface area contributed by atoms with Crippen LogP contribution in [0.1, 0.15) is 33.4 Å². The summed E-state index contributed by atoms with van der Waals surface area (Å²) in [5, 5.41) is 28.6. The number of morpholine rings is 2. The molecule has 0 bridgehead atoms. The molecule has 0 atom stereocenters. The van der Waals surface area contributed by atoms with Gasteiger partial charge in [-0.2, -0.15) is 0 Å². The molecule has 0 aliphatic carbocycles. The Balaban J connectivity index is 1.23. The van der Waals surface area contributed by atoms with E-state index in [1.165, 1.54) is 0 Å². The van der Waals surface area contributed by atoms with E-state index in [2.05, 4.69) is 58.5 Å². The Kier molecular flexibility index (Phi) is 9.98. The summed E-state index contributed by atoms with van der Waals surface area (Å²) in [4.78, 5) is 4.65. The molecule has 0 spiro atoms. The molecule has 8 heteroatoms. The Morgan fingerprint density at radius 2 is 1.00 bits per heavy atom. The first kappa shape index (κ1) is 26.9. The Morgan fingerprint density at radius 3 is 1.39 bits per heavy atom. The predicted molar refractivity (Wildman–Crippen MR) is 141 cm³/mol. The Morgan fingerprint density at radius 1 is 0.639 bits per heavy atom. The van der Waals surface area contributed by atoms with Crippen molar-refractivity contribution in [2.45, 2.75) is 40.0 Å². The highest BCUT2D eigenvalue weighted by Crippen LogP contribution is 2.27. The number of hydrogen-bond acceptors (Lipinski definition) is 8. The summed E-state index contributed by atoms with van der Waals surface area (Å²) < 4.78 is 10.9. The van der Waals surface area contributed by atoms with E-state index in [4.69, 9.17) is 9.47 Å². The van der Waals surface area contributed by atoms with Crippen LogP contribution in [0.2, 0.25) is 0 Å². The van der Waals surface area contributed by atoms with E-state index in [1.807, 2.05) is 0 Å². The fraction of sp³-hybridized carbons (Fsp3) is 0.571. The van der Waals surface area contributed by atoms with E-state index in [0.717, 1.165) is 112 Å². The SMILES string of the molecule is Cc1cc(CNCCNCc2cc(C)cc(CN3CCOCC3)c2O)c(O)c(CN2CCOCC2)c1. The third-order valence-corrected chi connectivity index (χ3v) is 6.93. The van der Waals surface area contributed by atoms with Crippen molar-refractivity contribution in [3.05, 3.63) is 57.6 Å². The maximum Gasteiger partial charge on any atom is 0.124 e. The van der Waals surface area contributed by atoms with Crippen LogP contribution in [0.5, 0.6) is 11.5 Å². The maximum absolute atomic E-state index is 10.8. The number of hydrogen-bond donors (Lipinski definition) is 4. The molecule has 4 N–H and O–H groups in total. The van der Waals surface area contributed by atoms with Crippen molar-refractivity contribution in [1.82, 2.24) is 20.4 Å². The lowest BCUT2D eigenvalue weighted by atomic mass is 10.0. The molecule has 0 radical (unpaired) electrons. The van der Waals surface area contributed by atoms with Crippen LogP contribution in [0.4, 0.5) is 0 Å². The molecular formula is C28H42N4O4. The van der Waals surface area contributed by atoms with Crippen LogP contribution < -0.4 is 10.6 Å². The van der Waals surface area contributed by atoms with Crippen molar-refractivity contribution in [2.75, 3.05) is 65.7 Å². The number of benzene rings is 2. The molecule has 0 amide bonds. The zero-order valence-electron chi connectivity index (χ0n) is 21.8. The zero-order chi connectivity index (χ0) is 25.3. The van der Waals surface area contributed by atoms with Gasteiger partial charge in [-0.15, -0.1) is 0 Å². The number of rotatable bonds is 11. The highest BCUT2D eigenvalue weighted by atomic mass is 16.5. The summed E-state index contributed by atoms with van der Waals surface area (Å²) in [6.45, 7) is 15.0. The number of phenolic OH excluding ortho intramolecular Hbond substituents is 2. The molecule has 2 aliphatic heterocycles. The monoisotopic (exact) mass is 498 g/mol. The van der Waals surface area contributed by atoms with Gasteiger partial charge in [0.25, 0.3) is 0 Å². The molecule has 2 aromatic rings. The van der Waals surface area contributed by atoms with E-state index >= 15 is 0 Å². The Labute approximate surface area is 215 Å². The summed E-state index contributed by atoms with van der Waals surface area (Å²) in [5.74, 6) is 0.787. The normalized spacial score (nSPS) is 17.5. The average Bonchev–Trinajstić information content (AvgIpc) is 2.87. The lowest BCUT2D eigenvalue weighted by Gasteiger charge is -2.27. The zero-order valence-corrected chi connectivity index (χ0v) is 21.8. The van der Waals surface area contributed by atoms with Gasteiger partial charge >= 0.3 is 0 Å². The summed E-state index contributed by atoms with van der Waals surface area (Å²) in [6.07, 6.45) is 0. The standard InChI is InChI=1S/C28H42N4O4/c1-21-13-23(27(33)25(15-21)19-31-5-9-35-10-6-31)17-29-3-4-30-18-24-14-22(2)16-26(28(24)34)20-32-7-11-36-12-8-32/h13-16,29-30,33-34H,3-12,17-20H2,1-2H3. The van der Waals surface area contributed by atoms with Gasteiger partial charge in [0, 0.05) is 87.7 Å². The van der Waals surface area contributed by atoms with Gasteiger partial charge in [0.15, 0.2) is 0 Å². The van der Waals surface area contributed by atoms with Crippen molar-refractivity contribution in [3.8, 4) is 11.5 Å². The van der Waals surface area contributed by atoms with Crippen molar-refractivity contribution < 1.29 is 19.7 Å². The molecule has 0 aromatic heterocycles. The molecule has 2 heterocycles. The highest BCUT2D eigenvalue weighted by Gasteiger charge is 2.16. The van der Waals surface area contributed by atoms with Crippen LogP contribution in [0.25, 0.3) is 0 Å². The van der Waals surface area contributed by atoms with Gasteiger partial charge in [-0.25, -0.2) is 0 Å². The van der Waals surface area contributed by atoms with Crippen LogP contribution in [0, 0.1) is 13.8 Å². The summed E-state index contributed by atoms with van der Waals surface area (Å²) in [6, 6.07) is 8.27. The van der Waals surface area contributed by atoms with Crippen LogP contribution in [-0.2, 0) is 35.7 Å². The third kappa shape index (κ3) is 7.65. The summed E-state index contributed by atoms with van der Waals surface area (Å²) in [7, 11) is 0. The molecule has 2 aliphatic rings. The predicted octanol–water partition coefficient (Wildman–Crippen LogP) is 2.26. The van der Waals surface area contributed by atoms with Crippen molar-refractivity contribution in [3.63, 3.8) is 0 Å². The average molecular weight is 499 g/mol. The topological polar surface area (TPSA) is 89.5 Å². The smallest absolute Gasteiger partial charge is 0.124 e. The molecule has 198 valence electrons. The number of ether oxygens (including phenoxy) is 2. The number of aryl methyl sites for hydroxylation is 2. The Hall–Kier alpha value is -2.20. The molecule has 36 heavy (non-hydrogen) atoms. The van der Waals surface area contributed by atoms with Crippen LogP contribution in [0.15, 0.2) is 24.3 Å². The second-order valence-electron chi connectivity index (χ2n) is 9.99. The highest BCUT2D eigenvalue weighted by molar-refractivity contribution is 5.44. The van der Waals surface area contributed by atoms with Gasteiger partial charge in [0.05, 0.1) is 26.4 Å². The molecule has 0 unspecified atom stereocenters. The molecule has 4 rings (SSSR count). The molecule has 0 saturated carbocycles. The first-order valence-electron chi connectivity index (χ1n) is 13.1. The van der Waals surface area contributed by atoms with E-state index in [1.54, 1.807) is 0 Å². The fourth-order valence-electron chi connectivity index (χ4n) is 5.00. The van der Waals surface area contributed by atoms with Gasteiger partial charge in [-0.05, 0) is 13.8 Å². The minimum absolute atomic E-state index is 0.394. The van der Waals surface area contributed by atoms with E-state index in [9.17, 15) is 10.2 Å². The minimum Gasteiger partial charge on any atom is -0.507 e. The lowest BCUT2D eigenvalue weighted by molar-refractivity contribution is 0.0338. The van der Waals surface area contributed by atoms with Crippen molar-refractivity contribution >= 4 is 0 Å². The van der Waals surface area contributed by atoms with E-state index < -0.39 is 0 Å². The molecule has 2 aromatic carbocycles. The molecule has 2 saturated heterocycles. The lowest BCUT2D eigenvalue weighted by Crippen LogP contribution is -2.35. The number of nitrogens with zero attached hydrogens (tertiary/aromatic N) is 2. The van der Waals surface area contributed by atoms with Crippen molar-refractivity contribution in [2.24, 2.45) is 0 Å². The Bertz CT molecular complexity index is 909. The van der Waals surface area contributed by atoms with Gasteiger partial charge in [0.1, 0.15) is 11.5 Å². The first-order chi connectivity index (χ1) is 17.5. The van der Waals surface area contributed by atoms with Gasteiger partial charge < -0.3 is 30.3 Å². The number of nitrogens with one attached hydrogen (secondary N) is 2. The number of aromatic hydroxyl groups is 2. The third-order valence-electron chi connectivity index (χ3n) is 6.93. The maximum atomic E-state index is 10.8. The molecule has 2 fully saturated rings. The second kappa shape index (κ2) is 13.4. The minimum atomic E-state index is 0.394. The first-order valence-corrected chi connectivity index (χ1v) is 13.1. The largest absolute Gasteiger partial charge is 0.507 e. The quantitative estimate of drug-likeness (QED) is 0.351. The van der Waals surface area contributed by atoms with Crippen LogP contribution >= 0.6 is 0 Å². The van der Waals surface area contributed by atoms with E-state index in [0.29, 0.717) is 24.6 Å². The fourth-order valence-corrected chi connectivity index (χ4v) is 5.00. The molecular weight excluding hydrogens is 456 g/mol. The summed E-state index contributed by atoms with van der Waals surface area (Å²) >= 11 is 0. The van der Waals surface area contributed by atoms with Crippen LogP contribution in [-0.4, -0.2) is 85.7 Å². The van der Waals surface area contributed by atoms with Crippen LogP contribution in [0.3, 0.4) is 0 Å². The van der Waals surface area contributed by atoms with Gasteiger partial charge in [-0.3, -0.25) is 9.80 Å². The summed E-state index contributed by atoms with van der Waals surface area (Å²) in [5.41, 5.74) is 6.15. The van der Waals surface area contributed by atoms with Gasteiger partial charge in [-0.1, -0.05) is 35.4 Å². The second-order valence-corrected chi connectivity index (χ2v) is 9.99.